The highest BCUT2D eigenvalue weighted by atomic mass is 16.2. The maximum absolute atomic E-state index is 11.8. The summed E-state index contributed by atoms with van der Waals surface area (Å²) in [5.41, 5.74) is 3.66. The number of nitrogens with zero attached hydrogens (tertiary/aromatic N) is 1. The number of hydrogen-bond donors (Lipinski definition) is 0. The Balaban J connectivity index is 1.72. The van der Waals surface area contributed by atoms with Gasteiger partial charge in [0.15, 0.2) is 0 Å². The molecule has 0 unspecified atom stereocenters. The van der Waals surface area contributed by atoms with Gasteiger partial charge in [0.25, 0.3) is 0 Å². The number of likely N-dealkylation sites (tertiary alicyclic amines) is 1. The van der Waals surface area contributed by atoms with Crippen LogP contribution in [-0.4, -0.2) is 17.4 Å². The van der Waals surface area contributed by atoms with Crippen LogP contribution in [0.2, 0.25) is 0 Å². The van der Waals surface area contributed by atoms with Gasteiger partial charge in [-0.05, 0) is 29.5 Å². The second kappa shape index (κ2) is 5.91. The van der Waals surface area contributed by atoms with Crippen LogP contribution in [-0.2, 0) is 11.3 Å². The molecule has 3 rings (SSSR count). The molecule has 102 valence electrons. The summed E-state index contributed by atoms with van der Waals surface area (Å²) in [7, 11) is 0. The molecule has 0 aromatic heterocycles. The summed E-state index contributed by atoms with van der Waals surface area (Å²) < 4.78 is 0. The van der Waals surface area contributed by atoms with Gasteiger partial charge in [-0.2, -0.15) is 0 Å². The Morgan fingerprint density at radius 2 is 1.55 bits per heavy atom. The topological polar surface area (TPSA) is 20.3 Å². The van der Waals surface area contributed by atoms with E-state index in [4.69, 9.17) is 0 Å². The minimum absolute atomic E-state index is 0.295. The summed E-state index contributed by atoms with van der Waals surface area (Å²) in [6.45, 7) is 1.65. The van der Waals surface area contributed by atoms with E-state index in [-0.39, 0.29) is 0 Å². The lowest BCUT2D eigenvalue weighted by molar-refractivity contribution is -0.133. The first kappa shape index (κ1) is 12.9. The molecule has 1 saturated heterocycles. The van der Waals surface area contributed by atoms with Crippen LogP contribution in [0.4, 0.5) is 0 Å². The molecule has 1 fully saturated rings. The van der Waals surface area contributed by atoms with Gasteiger partial charge < -0.3 is 4.90 Å². The molecule has 0 saturated carbocycles. The van der Waals surface area contributed by atoms with E-state index in [1.165, 1.54) is 16.7 Å². The van der Waals surface area contributed by atoms with Gasteiger partial charge in [-0.25, -0.2) is 0 Å². The lowest BCUT2D eigenvalue weighted by Gasteiger charge is -2.26. The minimum Gasteiger partial charge on any atom is -0.338 e. The zero-order valence-electron chi connectivity index (χ0n) is 11.6. The van der Waals surface area contributed by atoms with Crippen LogP contribution in [0, 0.1) is 0 Å². The zero-order valence-corrected chi connectivity index (χ0v) is 11.6. The SMILES string of the molecule is O=C1CCCCN1Cc1ccc(-c2ccccc2)cc1. The highest BCUT2D eigenvalue weighted by Crippen LogP contribution is 2.20. The molecule has 0 aliphatic carbocycles. The van der Waals surface area contributed by atoms with Crippen molar-refractivity contribution in [2.45, 2.75) is 25.8 Å². The lowest BCUT2D eigenvalue weighted by Crippen LogP contribution is -2.34. The molecular formula is C18H19NO. The van der Waals surface area contributed by atoms with Crippen molar-refractivity contribution in [3.8, 4) is 11.1 Å². The third kappa shape index (κ3) is 2.90. The normalized spacial score (nSPS) is 15.4. The van der Waals surface area contributed by atoms with E-state index in [1.54, 1.807) is 0 Å². The zero-order chi connectivity index (χ0) is 13.8. The van der Waals surface area contributed by atoms with Gasteiger partial charge in [-0.15, -0.1) is 0 Å². The van der Waals surface area contributed by atoms with Crippen LogP contribution >= 0.6 is 0 Å². The third-order valence-electron chi connectivity index (χ3n) is 3.86. The van der Waals surface area contributed by atoms with E-state index in [0.29, 0.717) is 12.3 Å². The van der Waals surface area contributed by atoms with E-state index < -0.39 is 0 Å². The van der Waals surface area contributed by atoms with Crippen molar-refractivity contribution in [3.05, 3.63) is 60.2 Å². The molecule has 0 N–H and O–H groups in total. The maximum atomic E-state index is 11.8. The smallest absolute Gasteiger partial charge is 0.222 e. The summed E-state index contributed by atoms with van der Waals surface area (Å²) in [5, 5.41) is 0. The number of carbonyl (C=O) groups is 1. The van der Waals surface area contributed by atoms with Gasteiger partial charge >= 0.3 is 0 Å². The van der Waals surface area contributed by atoms with Crippen molar-refractivity contribution in [3.63, 3.8) is 0 Å². The van der Waals surface area contributed by atoms with Gasteiger partial charge in [-0.1, -0.05) is 54.6 Å². The molecule has 20 heavy (non-hydrogen) atoms. The first-order valence-electron chi connectivity index (χ1n) is 7.25. The first-order valence-corrected chi connectivity index (χ1v) is 7.25. The summed E-state index contributed by atoms with van der Waals surface area (Å²) >= 11 is 0. The highest BCUT2D eigenvalue weighted by Gasteiger charge is 2.17. The molecule has 0 atom stereocenters. The molecule has 2 aromatic carbocycles. The van der Waals surface area contributed by atoms with Crippen molar-refractivity contribution in [2.75, 3.05) is 6.54 Å². The van der Waals surface area contributed by atoms with Crippen LogP contribution in [0.1, 0.15) is 24.8 Å². The predicted octanol–water partition coefficient (Wildman–Crippen LogP) is 3.87. The Kier molecular flexibility index (Phi) is 3.82. The van der Waals surface area contributed by atoms with Gasteiger partial charge in [0.05, 0.1) is 0 Å². The fraction of sp³-hybridized carbons (Fsp3) is 0.278. The number of hydrogen-bond acceptors (Lipinski definition) is 1. The van der Waals surface area contributed by atoms with Gasteiger partial charge in [0.2, 0.25) is 5.91 Å². The van der Waals surface area contributed by atoms with Gasteiger partial charge in [0, 0.05) is 19.5 Å². The molecule has 1 aliphatic heterocycles. The summed E-state index contributed by atoms with van der Waals surface area (Å²) in [5.74, 6) is 0.295. The monoisotopic (exact) mass is 265 g/mol. The summed E-state index contributed by atoms with van der Waals surface area (Å²) in [6.07, 6.45) is 2.89. The molecule has 2 aromatic rings. The summed E-state index contributed by atoms with van der Waals surface area (Å²) in [4.78, 5) is 13.8. The Morgan fingerprint density at radius 1 is 0.850 bits per heavy atom. The molecule has 2 heteroatoms. The standard InChI is InChI=1S/C18H19NO/c20-18-8-4-5-13-19(18)14-15-9-11-17(12-10-15)16-6-2-1-3-7-16/h1-3,6-7,9-12H,4-5,8,13-14H2. The average molecular weight is 265 g/mol. The fourth-order valence-electron chi connectivity index (χ4n) is 2.68. The van der Waals surface area contributed by atoms with E-state index in [9.17, 15) is 4.79 Å². The Labute approximate surface area is 120 Å². The third-order valence-corrected chi connectivity index (χ3v) is 3.86. The van der Waals surface area contributed by atoms with E-state index in [2.05, 4.69) is 48.5 Å². The van der Waals surface area contributed by atoms with Crippen molar-refractivity contribution in [2.24, 2.45) is 0 Å². The number of piperidine rings is 1. The Hall–Kier alpha value is -2.09. The van der Waals surface area contributed by atoms with Gasteiger partial charge in [-0.3, -0.25) is 4.79 Å². The lowest BCUT2D eigenvalue weighted by atomic mass is 10.0. The average Bonchev–Trinajstić information content (AvgIpc) is 2.51. The van der Waals surface area contributed by atoms with E-state index >= 15 is 0 Å². The van der Waals surface area contributed by atoms with Crippen LogP contribution < -0.4 is 0 Å². The quantitative estimate of drug-likeness (QED) is 0.825. The first-order chi connectivity index (χ1) is 9.83. The van der Waals surface area contributed by atoms with Crippen LogP contribution in [0.15, 0.2) is 54.6 Å². The molecule has 1 heterocycles. The molecule has 1 aliphatic rings. The number of carbonyl (C=O) groups excluding carboxylic acids is 1. The number of amides is 1. The number of rotatable bonds is 3. The Bertz CT molecular complexity index is 574. The maximum Gasteiger partial charge on any atom is 0.222 e. The largest absolute Gasteiger partial charge is 0.338 e. The molecule has 0 radical (unpaired) electrons. The second-order valence-electron chi connectivity index (χ2n) is 5.34. The second-order valence-corrected chi connectivity index (χ2v) is 5.34. The van der Waals surface area contributed by atoms with Crippen molar-refractivity contribution < 1.29 is 4.79 Å². The van der Waals surface area contributed by atoms with E-state index in [1.807, 2.05) is 11.0 Å². The molecule has 0 bridgehead atoms. The fourth-order valence-corrected chi connectivity index (χ4v) is 2.68. The van der Waals surface area contributed by atoms with Crippen molar-refractivity contribution in [1.29, 1.82) is 0 Å². The highest BCUT2D eigenvalue weighted by molar-refractivity contribution is 5.76. The predicted molar refractivity (Wildman–Crippen MR) is 81.1 cm³/mol. The molecular weight excluding hydrogens is 246 g/mol. The minimum atomic E-state index is 0.295. The summed E-state index contributed by atoms with van der Waals surface area (Å²) in [6, 6.07) is 18.9. The molecule has 1 amide bonds. The molecule has 0 spiro atoms. The van der Waals surface area contributed by atoms with Crippen LogP contribution in [0.25, 0.3) is 11.1 Å². The van der Waals surface area contributed by atoms with Crippen molar-refractivity contribution >= 4 is 5.91 Å². The number of benzene rings is 2. The van der Waals surface area contributed by atoms with E-state index in [0.717, 1.165) is 25.9 Å². The Morgan fingerprint density at radius 3 is 2.25 bits per heavy atom. The van der Waals surface area contributed by atoms with Crippen LogP contribution in [0.5, 0.6) is 0 Å². The van der Waals surface area contributed by atoms with Crippen LogP contribution in [0.3, 0.4) is 0 Å². The van der Waals surface area contributed by atoms with Gasteiger partial charge in [0.1, 0.15) is 0 Å². The molecule has 2 nitrogen and oxygen atoms in total. The van der Waals surface area contributed by atoms with Crippen molar-refractivity contribution in [1.82, 2.24) is 4.90 Å².